The molecule has 0 fully saturated rings. The van der Waals surface area contributed by atoms with Crippen LogP contribution < -0.4 is 14.9 Å². The highest BCUT2D eigenvalue weighted by atomic mass is 79.9. The molecule has 0 saturated heterocycles. The molecule has 5 nitrogen and oxygen atoms in total. The quantitative estimate of drug-likeness (QED) is 0.332. The lowest BCUT2D eigenvalue weighted by atomic mass is 10.2. The van der Waals surface area contributed by atoms with Crippen LogP contribution in [0, 0.1) is 0 Å². The number of carbonyl (C=O) groups is 1. The highest BCUT2D eigenvalue weighted by molar-refractivity contribution is 9.10. The number of amides is 1. The van der Waals surface area contributed by atoms with Gasteiger partial charge in [-0.1, -0.05) is 57.9 Å². The van der Waals surface area contributed by atoms with Crippen LogP contribution >= 0.6 is 27.5 Å². The lowest BCUT2D eigenvalue weighted by molar-refractivity contribution is -0.127. The number of halogens is 2. The Morgan fingerprint density at radius 1 is 1.10 bits per heavy atom. The third kappa shape index (κ3) is 6.90. The van der Waals surface area contributed by atoms with Gasteiger partial charge in [0, 0.05) is 9.50 Å². The summed E-state index contributed by atoms with van der Waals surface area (Å²) in [4.78, 5) is 12.2. The molecule has 1 N–H and O–H groups in total. The summed E-state index contributed by atoms with van der Waals surface area (Å²) in [6.45, 7) is 2.09. The molecule has 0 aliphatic rings. The largest absolute Gasteiger partial charge is 0.489 e. The predicted octanol–water partition coefficient (Wildman–Crippen LogP) is 5.60. The summed E-state index contributed by atoms with van der Waals surface area (Å²) in [5.41, 5.74) is 4.33. The zero-order valence-electron chi connectivity index (χ0n) is 16.2. The van der Waals surface area contributed by atoms with E-state index in [0.29, 0.717) is 23.1 Å². The average molecular weight is 488 g/mol. The first kappa shape index (κ1) is 21.9. The van der Waals surface area contributed by atoms with Gasteiger partial charge in [-0.25, -0.2) is 5.43 Å². The van der Waals surface area contributed by atoms with Gasteiger partial charge in [-0.15, -0.1) is 0 Å². The molecule has 0 saturated carbocycles. The minimum absolute atomic E-state index is 0.367. The number of hydrogen-bond acceptors (Lipinski definition) is 4. The molecule has 1 atom stereocenters. The first-order valence-corrected chi connectivity index (χ1v) is 10.4. The number of ether oxygens (including phenoxy) is 2. The smallest absolute Gasteiger partial charge is 0.280 e. The second kappa shape index (κ2) is 10.8. The second-order valence-electron chi connectivity index (χ2n) is 6.44. The molecule has 0 aliphatic carbocycles. The number of benzene rings is 3. The van der Waals surface area contributed by atoms with Crippen LogP contribution in [0.4, 0.5) is 0 Å². The number of hydrogen-bond donors (Lipinski definition) is 1. The van der Waals surface area contributed by atoms with E-state index in [0.717, 1.165) is 15.6 Å². The maximum atomic E-state index is 12.2. The van der Waals surface area contributed by atoms with Gasteiger partial charge in [-0.3, -0.25) is 4.79 Å². The van der Waals surface area contributed by atoms with Gasteiger partial charge in [-0.2, -0.15) is 5.10 Å². The third-order valence-corrected chi connectivity index (χ3v) is 4.75. The van der Waals surface area contributed by atoms with Gasteiger partial charge in [0.05, 0.1) is 6.21 Å². The molecule has 3 aromatic carbocycles. The number of nitrogens with zero attached hydrogens (tertiary/aromatic N) is 1. The van der Waals surface area contributed by atoms with Gasteiger partial charge in [0.1, 0.15) is 18.1 Å². The van der Waals surface area contributed by atoms with Gasteiger partial charge in [-0.05, 0) is 60.5 Å². The topological polar surface area (TPSA) is 59.9 Å². The molecular weight excluding hydrogens is 468 g/mol. The lowest BCUT2D eigenvalue weighted by Crippen LogP contribution is -2.33. The summed E-state index contributed by atoms with van der Waals surface area (Å²) in [5, 5.41) is 4.54. The van der Waals surface area contributed by atoms with Crippen LogP contribution in [0.3, 0.4) is 0 Å². The summed E-state index contributed by atoms with van der Waals surface area (Å²) >= 11 is 9.37. The van der Waals surface area contributed by atoms with Gasteiger partial charge in [0.25, 0.3) is 5.91 Å². The van der Waals surface area contributed by atoms with E-state index < -0.39 is 6.10 Å². The summed E-state index contributed by atoms with van der Waals surface area (Å²) < 4.78 is 12.4. The highest BCUT2D eigenvalue weighted by Crippen LogP contribution is 2.19. The Kier molecular flexibility index (Phi) is 7.88. The van der Waals surface area contributed by atoms with E-state index in [-0.39, 0.29) is 5.91 Å². The molecule has 7 heteroatoms. The standard InChI is InChI=1S/C23H20BrClN2O3/c1-16(30-22-10-4-8-20(25)13-22)23(28)27-26-14-17-5-3-9-21(12-17)29-15-18-6-2-7-19(24)11-18/h2-14,16H,15H2,1H3,(H,27,28)/b26-14+. The summed E-state index contributed by atoms with van der Waals surface area (Å²) in [7, 11) is 0. The molecule has 0 radical (unpaired) electrons. The van der Waals surface area contributed by atoms with E-state index in [1.807, 2.05) is 48.5 Å². The van der Waals surface area contributed by atoms with Crippen molar-refractivity contribution in [2.45, 2.75) is 19.6 Å². The Balaban J connectivity index is 1.51. The molecule has 154 valence electrons. The maximum Gasteiger partial charge on any atom is 0.280 e. The zero-order valence-corrected chi connectivity index (χ0v) is 18.6. The molecule has 1 unspecified atom stereocenters. The second-order valence-corrected chi connectivity index (χ2v) is 7.79. The van der Waals surface area contributed by atoms with Gasteiger partial charge in [0.2, 0.25) is 0 Å². The Morgan fingerprint density at radius 2 is 1.87 bits per heavy atom. The molecule has 30 heavy (non-hydrogen) atoms. The Morgan fingerprint density at radius 3 is 2.67 bits per heavy atom. The van der Waals surface area contributed by atoms with Gasteiger partial charge >= 0.3 is 0 Å². The number of rotatable bonds is 8. The van der Waals surface area contributed by atoms with Crippen LogP contribution in [-0.2, 0) is 11.4 Å². The Labute approximate surface area is 188 Å². The van der Waals surface area contributed by atoms with E-state index in [1.165, 1.54) is 0 Å². The molecule has 3 rings (SSSR count). The maximum absolute atomic E-state index is 12.2. The third-order valence-electron chi connectivity index (χ3n) is 4.02. The summed E-state index contributed by atoms with van der Waals surface area (Å²) in [6.07, 6.45) is 0.830. The fourth-order valence-corrected chi connectivity index (χ4v) is 3.16. The summed E-state index contributed by atoms with van der Waals surface area (Å²) in [6, 6.07) is 22.3. The van der Waals surface area contributed by atoms with E-state index in [2.05, 4.69) is 26.5 Å². The van der Waals surface area contributed by atoms with Crippen molar-refractivity contribution in [2.75, 3.05) is 0 Å². The van der Waals surface area contributed by atoms with Crippen LogP contribution in [0.5, 0.6) is 11.5 Å². The van der Waals surface area contributed by atoms with Crippen LogP contribution in [0.25, 0.3) is 0 Å². The first-order chi connectivity index (χ1) is 14.5. The first-order valence-electron chi connectivity index (χ1n) is 9.22. The number of carbonyl (C=O) groups excluding carboxylic acids is 1. The normalized spacial score (nSPS) is 11.8. The van der Waals surface area contributed by atoms with Gasteiger partial charge in [0.15, 0.2) is 6.10 Å². The summed E-state index contributed by atoms with van der Waals surface area (Å²) in [5.74, 6) is 0.862. The zero-order chi connectivity index (χ0) is 21.3. The molecule has 0 aliphatic heterocycles. The van der Waals surface area contributed by atoms with E-state index in [4.69, 9.17) is 21.1 Å². The average Bonchev–Trinajstić information content (AvgIpc) is 2.72. The van der Waals surface area contributed by atoms with Crippen molar-refractivity contribution in [1.29, 1.82) is 0 Å². The van der Waals surface area contributed by atoms with Gasteiger partial charge < -0.3 is 9.47 Å². The lowest BCUT2D eigenvalue weighted by Gasteiger charge is -2.13. The molecule has 0 heterocycles. The number of hydrazone groups is 1. The van der Waals surface area contributed by atoms with Crippen LogP contribution in [0.1, 0.15) is 18.1 Å². The van der Waals surface area contributed by atoms with Crippen molar-refractivity contribution < 1.29 is 14.3 Å². The highest BCUT2D eigenvalue weighted by Gasteiger charge is 2.13. The van der Waals surface area contributed by atoms with Crippen molar-refractivity contribution in [3.8, 4) is 11.5 Å². The number of nitrogens with one attached hydrogen (secondary N) is 1. The van der Waals surface area contributed by atoms with Crippen molar-refractivity contribution in [2.24, 2.45) is 5.10 Å². The fraction of sp³-hybridized carbons (Fsp3) is 0.130. The monoisotopic (exact) mass is 486 g/mol. The van der Waals surface area contributed by atoms with Crippen molar-refractivity contribution in [1.82, 2.24) is 5.43 Å². The molecule has 1 amide bonds. The Hall–Kier alpha value is -2.83. The van der Waals surface area contributed by atoms with E-state index >= 15 is 0 Å². The Bertz CT molecular complexity index is 1040. The molecular formula is C23H20BrClN2O3. The molecule has 0 bridgehead atoms. The van der Waals surface area contributed by atoms with E-state index in [1.54, 1.807) is 37.4 Å². The van der Waals surface area contributed by atoms with E-state index in [9.17, 15) is 4.79 Å². The molecule has 3 aromatic rings. The van der Waals surface area contributed by atoms with Crippen molar-refractivity contribution in [3.05, 3.63) is 93.4 Å². The van der Waals surface area contributed by atoms with Crippen LogP contribution in [0.15, 0.2) is 82.4 Å². The minimum atomic E-state index is -0.722. The SMILES string of the molecule is CC(Oc1cccc(Cl)c1)C(=O)N/N=C/c1cccc(OCc2cccc(Br)c2)c1. The minimum Gasteiger partial charge on any atom is -0.489 e. The van der Waals surface area contributed by atoms with Crippen LogP contribution in [-0.4, -0.2) is 18.2 Å². The van der Waals surface area contributed by atoms with Crippen molar-refractivity contribution in [3.63, 3.8) is 0 Å². The molecule has 0 aromatic heterocycles. The van der Waals surface area contributed by atoms with Crippen molar-refractivity contribution >= 4 is 39.7 Å². The molecule has 0 spiro atoms. The van der Waals surface area contributed by atoms with Crippen LogP contribution in [0.2, 0.25) is 5.02 Å². The fourth-order valence-electron chi connectivity index (χ4n) is 2.54. The predicted molar refractivity (Wildman–Crippen MR) is 122 cm³/mol.